The summed E-state index contributed by atoms with van der Waals surface area (Å²) in [6, 6.07) is 9.23. The van der Waals surface area contributed by atoms with E-state index in [0.717, 1.165) is 24.2 Å². The van der Waals surface area contributed by atoms with Gasteiger partial charge in [-0.3, -0.25) is 4.79 Å². The predicted molar refractivity (Wildman–Crippen MR) is 79.3 cm³/mol. The van der Waals surface area contributed by atoms with Crippen LogP contribution in [0, 0.1) is 17.5 Å². The predicted octanol–water partition coefficient (Wildman–Crippen LogP) is 3.72. The maximum atomic E-state index is 13.4. The fraction of sp³-hybridized carbons (Fsp3) is 0.188. The number of amides is 1. The lowest BCUT2D eigenvalue weighted by atomic mass is 10.1. The average molecular weight is 308 g/mol. The zero-order valence-corrected chi connectivity index (χ0v) is 11.9. The molecule has 22 heavy (non-hydrogen) atoms. The lowest BCUT2D eigenvalue weighted by molar-refractivity contribution is -0.114. The van der Waals surface area contributed by atoms with E-state index in [1.165, 1.54) is 5.56 Å². The molecular weight excluding hydrogens is 293 g/mol. The summed E-state index contributed by atoms with van der Waals surface area (Å²) >= 11 is 0. The summed E-state index contributed by atoms with van der Waals surface area (Å²) in [7, 11) is 0. The molecule has 0 radical (unpaired) electrons. The zero-order chi connectivity index (χ0) is 16.1. The smallest absolute Gasteiger partial charge is 0.243 e. The van der Waals surface area contributed by atoms with Crippen LogP contribution in [0.3, 0.4) is 0 Å². The molecular formula is C16H15F3N2O. The van der Waals surface area contributed by atoms with Crippen LogP contribution in [-0.4, -0.2) is 12.5 Å². The molecule has 0 saturated carbocycles. The third-order valence-corrected chi connectivity index (χ3v) is 3.12. The largest absolute Gasteiger partial charge is 0.376 e. The van der Waals surface area contributed by atoms with Crippen LogP contribution in [0.2, 0.25) is 0 Å². The Kier molecular flexibility index (Phi) is 5.04. The van der Waals surface area contributed by atoms with Crippen molar-refractivity contribution in [3.8, 4) is 0 Å². The first-order valence-corrected chi connectivity index (χ1v) is 6.77. The highest BCUT2D eigenvalue weighted by Gasteiger charge is 2.14. The molecule has 0 bridgehead atoms. The first-order chi connectivity index (χ1) is 10.5. The van der Waals surface area contributed by atoms with Gasteiger partial charge in [-0.1, -0.05) is 19.1 Å². The Balaban J connectivity index is 1.94. The molecule has 0 aliphatic heterocycles. The number of benzene rings is 2. The van der Waals surface area contributed by atoms with Crippen molar-refractivity contribution in [2.24, 2.45) is 0 Å². The normalized spacial score (nSPS) is 10.4. The summed E-state index contributed by atoms with van der Waals surface area (Å²) < 4.78 is 39.3. The van der Waals surface area contributed by atoms with Gasteiger partial charge in [0, 0.05) is 5.69 Å². The first-order valence-electron chi connectivity index (χ1n) is 6.77. The zero-order valence-electron chi connectivity index (χ0n) is 11.9. The van der Waals surface area contributed by atoms with Gasteiger partial charge in [-0.05, 0) is 36.2 Å². The first kappa shape index (κ1) is 15.9. The van der Waals surface area contributed by atoms with Crippen LogP contribution in [0.4, 0.5) is 24.5 Å². The second kappa shape index (κ2) is 6.98. The van der Waals surface area contributed by atoms with Gasteiger partial charge in [-0.15, -0.1) is 0 Å². The van der Waals surface area contributed by atoms with E-state index in [1.54, 1.807) is 0 Å². The molecule has 2 aromatic rings. The SMILES string of the molecule is CCc1ccc(NCC(=O)Nc2ccc(F)c(F)c2F)cc1. The standard InChI is InChI=1S/C16H15F3N2O/c1-2-10-3-5-11(6-4-10)20-9-14(22)21-13-8-7-12(17)15(18)16(13)19/h3-8,20H,2,9H2,1H3,(H,21,22). The number of rotatable bonds is 5. The fourth-order valence-corrected chi connectivity index (χ4v) is 1.86. The monoisotopic (exact) mass is 308 g/mol. The molecule has 0 atom stereocenters. The quantitative estimate of drug-likeness (QED) is 0.827. The molecule has 0 unspecified atom stereocenters. The molecule has 0 aromatic heterocycles. The number of carbonyl (C=O) groups is 1. The number of halogens is 3. The van der Waals surface area contributed by atoms with Crippen LogP contribution in [0.1, 0.15) is 12.5 Å². The molecule has 0 heterocycles. The Hall–Kier alpha value is -2.50. The Bertz CT molecular complexity index is 672. The second-order valence-corrected chi connectivity index (χ2v) is 4.68. The minimum absolute atomic E-state index is 0.121. The van der Waals surface area contributed by atoms with Gasteiger partial charge in [0.1, 0.15) is 0 Å². The molecule has 0 saturated heterocycles. The van der Waals surface area contributed by atoms with Crippen molar-refractivity contribution in [2.75, 3.05) is 17.2 Å². The van der Waals surface area contributed by atoms with Gasteiger partial charge in [0.25, 0.3) is 0 Å². The van der Waals surface area contributed by atoms with Crippen molar-refractivity contribution < 1.29 is 18.0 Å². The molecule has 0 spiro atoms. The summed E-state index contributed by atoms with van der Waals surface area (Å²) in [5, 5.41) is 5.05. The highest BCUT2D eigenvalue weighted by molar-refractivity contribution is 5.93. The van der Waals surface area contributed by atoms with Crippen LogP contribution in [0.25, 0.3) is 0 Å². The van der Waals surface area contributed by atoms with Crippen molar-refractivity contribution in [2.45, 2.75) is 13.3 Å². The number of anilines is 2. The average Bonchev–Trinajstić information content (AvgIpc) is 2.54. The highest BCUT2D eigenvalue weighted by Crippen LogP contribution is 2.19. The lowest BCUT2D eigenvalue weighted by Gasteiger charge is -2.09. The summed E-state index contributed by atoms with van der Waals surface area (Å²) in [6.07, 6.45) is 0.913. The Labute approximate surface area is 126 Å². The van der Waals surface area contributed by atoms with Crippen molar-refractivity contribution in [1.29, 1.82) is 0 Å². The van der Waals surface area contributed by atoms with Crippen molar-refractivity contribution in [3.63, 3.8) is 0 Å². The van der Waals surface area contributed by atoms with E-state index in [1.807, 2.05) is 31.2 Å². The van der Waals surface area contributed by atoms with Gasteiger partial charge in [0.2, 0.25) is 5.91 Å². The molecule has 2 rings (SSSR count). The number of aryl methyl sites for hydroxylation is 1. The Morgan fingerprint density at radius 2 is 1.68 bits per heavy atom. The molecule has 3 nitrogen and oxygen atoms in total. The Morgan fingerprint density at radius 3 is 2.32 bits per heavy atom. The van der Waals surface area contributed by atoms with E-state index in [9.17, 15) is 18.0 Å². The van der Waals surface area contributed by atoms with E-state index < -0.39 is 29.0 Å². The van der Waals surface area contributed by atoms with Crippen LogP contribution >= 0.6 is 0 Å². The number of hydrogen-bond donors (Lipinski definition) is 2. The molecule has 116 valence electrons. The minimum atomic E-state index is -1.61. The van der Waals surface area contributed by atoms with Gasteiger partial charge < -0.3 is 10.6 Å². The van der Waals surface area contributed by atoms with Crippen LogP contribution in [0.15, 0.2) is 36.4 Å². The molecule has 0 aliphatic rings. The topological polar surface area (TPSA) is 41.1 Å². The molecule has 0 aliphatic carbocycles. The second-order valence-electron chi connectivity index (χ2n) is 4.68. The van der Waals surface area contributed by atoms with Gasteiger partial charge >= 0.3 is 0 Å². The van der Waals surface area contributed by atoms with Crippen LogP contribution in [0.5, 0.6) is 0 Å². The maximum absolute atomic E-state index is 13.4. The van der Waals surface area contributed by atoms with E-state index in [4.69, 9.17) is 0 Å². The number of carbonyl (C=O) groups excluding carboxylic acids is 1. The van der Waals surface area contributed by atoms with E-state index in [0.29, 0.717) is 0 Å². The van der Waals surface area contributed by atoms with Crippen molar-refractivity contribution in [3.05, 3.63) is 59.4 Å². The van der Waals surface area contributed by atoms with E-state index in [2.05, 4.69) is 10.6 Å². The van der Waals surface area contributed by atoms with E-state index in [-0.39, 0.29) is 6.54 Å². The minimum Gasteiger partial charge on any atom is -0.376 e. The molecule has 2 N–H and O–H groups in total. The molecule has 0 fully saturated rings. The third kappa shape index (κ3) is 3.78. The lowest BCUT2D eigenvalue weighted by Crippen LogP contribution is -2.22. The highest BCUT2D eigenvalue weighted by atomic mass is 19.2. The summed E-state index contributed by atoms with van der Waals surface area (Å²) in [4.78, 5) is 11.7. The molecule has 1 amide bonds. The fourth-order valence-electron chi connectivity index (χ4n) is 1.86. The summed E-state index contributed by atoms with van der Waals surface area (Å²) in [5.74, 6) is -4.89. The Morgan fingerprint density at radius 1 is 1.00 bits per heavy atom. The van der Waals surface area contributed by atoms with Gasteiger partial charge in [0.15, 0.2) is 17.5 Å². The van der Waals surface area contributed by atoms with Gasteiger partial charge in [0.05, 0.1) is 12.2 Å². The van der Waals surface area contributed by atoms with E-state index >= 15 is 0 Å². The third-order valence-electron chi connectivity index (χ3n) is 3.12. The molecule has 2 aromatic carbocycles. The van der Waals surface area contributed by atoms with Crippen LogP contribution < -0.4 is 10.6 Å². The summed E-state index contributed by atoms with van der Waals surface area (Å²) in [6.45, 7) is 1.91. The number of hydrogen-bond acceptors (Lipinski definition) is 2. The van der Waals surface area contributed by atoms with Gasteiger partial charge in [-0.25, -0.2) is 13.2 Å². The van der Waals surface area contributed by atoms with Crippen molar-refractivity contribution >= 4 is 17.3 Å². The summed E-state index contributed by atoms with van der Waals surface area (Å²) in [5.41, 5.74) is 1.50. The molecule has 6 heteroatoms. The number of nitrogens with one attached hydrogen (secondary N) is 2. The van der Waals surface area contributed by atoms with Gasteiger partial charge in [-0.2, -0.15) is 0 Å². The van der Waals surface area contributed by atoms with Crippen molar-refractivity contribution in [1.82, 2.24) is 0 Å². The maximum Gasteiger partial charge on any atom is 0.243 e. The van der Waals surface area contributed by atoms with Crippen LogP contribution in [-0.2, 0) is 11.2 Å².